The molecule has 20 heavy (non-hydrogen) atoms. The van der Waals surface area contributed by atoms with Gasteiger partial charge in [-0.25, -0.2) is 17.2 Å². The van der Waals surface area contributed by atoms with Gasteiger partial charge in [0.1, 0.15) is 0 Å². The molecule has 9 heteroatoms. The molecule has 0 aliphatic rings. The second-order valence-electron chi connectivity index (χ2n) is 3.42. The highest BCUT2D eigenvalue weighted by Crippen LogP contribution is 2.26. The topological polar surface area (TPSA) is 72.5 Å². The molecule has 0 aliphatic carbocycles. The van der Waals surface area contributed by atoms with E-state index < -0.39 is 43.8 Å². The van der Waals surface area contributed by atoms with E-state index in [9.17, 15) is 22.0 Å². The maximum atomic E-state index is 13.5. The average Bonchev–Trinajstić information content (AvgIpc) is 2.34. The summed E-state index contributed by atoms with van der Waals surface area (Å²) in [4.78, 5) is 10.4. The summed E-state index contributed by atoms with van der Waals surface area (Å²) in [6.45, 7) is -0.737. The molecule has 0 radical (unpaired) electrons. The van der Waals surface area contributed by atoms with E-state index in [-0.39, 0.29) is 6.54 Å². The number of amides is 1. The minimum atomic E-state index is -4.27. The highest BCUT2D eigenvalue weighted by molar-refractivity contribution is 8.13. The van der Waals surface area contributed by atoms with Crippen molar-refractivity contribution in [3.8, 4) is 18.1 Å². The van der Waals surface area contributed by atoms with Gasteiger partial charge in [-0.15, -0.1) is 6.42 Å². The lowest BCUT2D eigenvalue weighted by Crippen LogP contribution is -2.29. The normalized spacial score (nSPS) is 10.7. The van der Waals surface area contributed by atoms with Crippen molar-refractivity contribution in [1.29, 1.82) is 0 Å². The van der Waals surface area contributed by atoms with Crippen LogP contribution in [-0.4, -0.2) is 27.5 Å². The molecule has 1 amide bonds. The van der Waals surface area contributed by atoms with Crippen molar-refractivity contribution in [2.45, 2.75) is 4.90 Å². The van der Waals surface area contributed by atoms with Gasteiger partial charge < -0.3 is 10.1 Å². The van der Waals surface area contributed by atoms with Crippen LogP contribution in [0.1, 0.15) is 0 Å². The number of ether oxygens (including phenoxy) is 1. The Bertz CT molecular complexity index is 646. The van der Waals surface area contributed by atoms with Crippen LogP contribution in [0.2, 0.25) is 0 Å². The van der Waals surface area contributed by atoms with E-state index in [0.29, 0.717) is 12.1 Å². The van der Waals surface area contributed by atoms with Crippen LogP contribution in [0.5, 0.6) is 5.75 Å². The molecular formula is C11H8ClF2NO4S. The molecule has 108 valence electrons. The Labute approximate surface area is 118 Å². The first-order valence-electron chi connectivity index (χ1n) is 5.02. The maximum absolute atomic E-state index is 13.5. The van der Waals surface area contributed by atoms with Crippen molar-refractivity contribution >= 4 is 25.6 Å². The van der Waals surface area contributed by atoms with Crippen LogP contribution in [-0.2, 0) is 13.8 Å². The first-order chi connectivity index (χ1) is 9.25. The van der Waals surface area contributed by atoms with E-state index in [0.717, 1.165) is 0 Å². The van der Waals surface area contributed by atoms with Crippen molar-refractivity contribution in [2.24, 2.45) is 0 Å². The highest BCUT2D eigenvalue weighted by atomic mass is 35.7. The zero-order chi connectivity index (χ0) is 15.3. The summed E-state index contributed by atoms with van der Waals surface area (Å²) >= 11 is 0. The quantitative estimate of drug-likeness (QED) is 0.648. The zero-order valence-corrected chi connectivity index (χ0v) is 11.4. The maximum Gasteiger partial charge on any atom is 0.261 e. The number of carbonyl (C=O) groups is 1. The van der Waals surface area contributed by atoms with Gasteiger partial charge in [0.15, 0.2) is 24.0 Å². The van der Waals surface area contributed by atoms with Crippen molar-refractivity contribution in [2.75, 3.05) is 13.2 Å². The van der Waals surface area contributed by atoms with Gasteiger partial charge in [-0.05, 0) is 12.1 Å². The summed E-state index contributed by atoms with van der Waals surface area (Å²) in [5.74, 6) is -2.04. The lowest BCUT2D eigenvalue weighted by molar-refractivity contribution is -0.122. The summed E-state index contributed by atoms with van der Waals surface area (Å²) in [5, 5.41) is 2.22. The minimum absolute atomic E-state index is 0.0589. The smallest absolute Gasteiger partial charge is 0.261 e. The molecule has 5 nitrogen and oxygen atoms in total. The van der Waals surface area contributed by atoms with Gasteiger partial charge >= 0.3 is 0 Å². The van der Waals surface area contributed by atoms with E-state index in [1.807, 2.05) is 0 Å². The highest BCUT2D eigenvalue weighted by Gasteiger charge is 2.19. The van der Waals surface area contributed by atoms with Gasteiger partial charge in [0.05, 0.1) is 11.4 Å². The number of carbonyl (C=O) groups excluding carboxylic acids is 1. The molecule has 0 bridgehead atoms. The lowest BCUT2D eigenvalue weighted by Gasteiger charge is -2.09. The van der Waals surface area contributed by atoms with E-state index in [2.05, 4.69) is 16.0 Å². The van der Waals surface area contributed by atoms with Crippen LogP contribution in [0.3, 0.4) is 0 Å². The van der Waals surface area contributed by atoms with Gasteiger partial charge in [-0.3, -0.25) is 4.79 Å². The standard InChI is InChI=1S/C11H8ClF2NO4S/c1-2-3-15-10(16)6-19-11-8(13)4-7(5-9(11)14)20(12,17)18/h1,4-5H,3,6H2,(H,15,16). The van der Waals surface area contributed by atoms with E-state index in [1.54, 1.807) is 0 Å². The third-order valence-electron chi connectivity index (χ3n) is 1.99. The van der Waals surface area contributed by atoms with Gasteiger partial charge in [0, 0.05) is 10.7 Å². The number of rotatable bonds is 5. The summed E-state index contributed by atoms with van der Waals surface area (Å²) in [7, 11) is 0.682. The number of hydrogen-bond acceptors (Lipinski definition) is 4. The van der Waals surface area contributed by atoms with Crippen LogP contribution in [0.25, 0.3) is 0 Å². The van der Waals surface area contributed by atoms with Gasteiger partial charge in [0.25, 0.3) is 15.0 Å². The van der Waals surface area contributed by atoms with Gasteiger partial charge in [0.2, 0.25) is 0 Å². The molecule has 0 aromatic heterocycles. The van der Waals surface area contributed by atoms with Crippen molar-refractivity contribution in [3.05, 3.63) is 23.8 Å². The molecule has 0 saturated heterocycles. The molecule has 0 heterocycles. The Morgan fingerprint density at radius 3 is 2.40 bits per heavy atom. The van der Waals surface area contributed by atoms with Crippen LogP contribution >= 0.6 is 10.7 Å². The molecule has 0 unspecified atom stereocenters. The minimum Gasteiger partial charge on any atom is -0.478 e. The van der Waals surface area contributed by atoms with E-state index >= 15 is 0 Å². The molecule has 0 aliphatic heterocycles. The summed E-state index contributed by atoms with van der Waals surface area (Å²) in [6.07, 6.45) is 4.89. The lowest BCUT2D eigenvalue weighted by atomic mass is 10.3. The molecular weight excluding hydrogens is 316 g/mol. The second-order valence-corrected chi connectivity index (χ2v) is 5.99. The Balaban J connectivity index is 2.88. The third-order valence-corrected chi connectivity index (χ3v) is 3.32. The Hall–Kier alpha value is -1.85. The molecule has 1 N–H and O–H groups in total. The number of halogens is 3. The summed E-state index contributed by atoms with van der Waals surface area (Å²) in [6, 6.07) is 0.972. The molecule has 0 fully saturated rings. The van der Waals surface area contributed by atoms with E-state index in [1.165, 1.54) is 0 Å². The Morgan fingerprint density at radius 1 is 1.40 bits per heavy atom. The van der Waals surface area contributed by atoms with Crippen molar-refractivity contribution in [3.63, 3.8) is 0 Å². The number of nitrogens with one attached hydrogen (secondary N) is 1. The van der Waals surface area contributed by atoms with Gasteiger partial charge in [-0.2, -0.15) is 0 Å². The van der Waals surface area contributed by atoms with Crippen molar-refractivity contribution in [1.82, 2.24) is 5.32 Å². The Kier molecular flexibility index (Phi) is 5.30. The predicted octanol–water partition coefficient (Wildman–Crippen LogP) is 1.02. The fourth-order valence-electron chi connectivity index (χ4n) is 1.15. The molecule has 0 atom stereocenters. The van der Waals surface area contributed by atoms with Crippen LogP contribution in [0.4, 0.5) is 8.78 Å². The zero-order valence-electron chi connectivity index (χ0n) is 9.82. The first-order valence-corrected chi connectivity index (χ1v) is 7.33. The molecule has 1 rings (SSSR count). The first kappa shape index (κ1) is 16.2. The second kappa shape index (κ2) is 6.54. The number of terminal acetylenes is 1. The number of benzene rings is 1. The van der Waals surface area contributed by atoms with Crippen LogP contribution < -0.4 is 10.1 Å². The molecule has 1 aromatic rings. The predicted molar refractivity (Wildman–Crippen MR) is 66.7 cm³/mol. The Morgan fingerprint density at radius 2 is 1.95 bits per heavy atom. The summed E-state index contributed by atoms with van der Waals surface area (Å²) in [5.41, 5.74) is 0. The third kappa shape index (κ3) is 4.36. The van der Waals surface area contributed by atoms with Crippen LogP contribution in [0.15, 0.2) is 17.0 Å². The largest absolute Gasteiger partial charge is 0.478 e. The fraction of sp³-hybridized carbons (Fsp3) is 0.182. The fourth-order valence-corrected chi connectivity index (χ4v) is 1.91. The molecule has 0 spiro atoms. The summed E-state index contributed by atoms with van der Waals surface area (Å²) < 4.78 is 53.5. The van der Waals surface area contributed by atoms with Crippen molar-refractivity contribution < 1.29 is 26.7 Å². The van der Waals surface area contributed by atoms with E-state index in [4.69, 9.17) is 17.1 Å². The molecule has 0 saturated carbocycles. The monoisotopic (exact) mass is 323 g/mol. The number of hydrogen-bond donors (Lipinski definition) is 1. The molecule has 1 aromatic carbocycles. The SMILES string of the molecule is C#CCNC(=O)COc1c(F)cc(S(=O)(=O)Cl)cc1F. The van der Waals surface area contributed by atoms with Gasteiger partial charge in [-0.1, -0.05) is 5.92 Å². The average molecular weight is 324 g/mol. The van der Waals surface area contributed by atoms with Crippen LogP contribution in [0, 0.1) is 24.0 Å².